The smallest absolute Gasteiger partial charge is 0.237 e. The molecule has 4 aromatic rings. The van der Waals surface area contributed by atoms with Gasteiger partial charge in [-0.1, -0.05) is 30.0 Å². The predicted octanol–water partition coefficient (Wildman–Crippen LogP) is 4.71. The number of ether oxygens (including phenoxy) is 1. The number of nitrogens with one attached hydrogen (secondary N) is 1. The molecule has 0 saturated carbocycles. The maximum Gasteiger partial charge on any atom is 0.237 e. The molecule has 1 atom stereocenters. The standard InChI is InChI=1S/C22H22N4O2S/c1-4-28-17-11-9-16(10-12-17)23-21(27)15(3)29-22-25-24-20-13-14(2)18-7-5-6-8-19(18)26(20)22/h5-13,15H,4H2,1-3H3,(H,23,27)/t15-/m0/s1. The van der Waals surface area contributed by atoms with Crippen molar-refractivity contribution in [2.24, 2.45) is 0 Å². The molecule has 0 spiro atoms. The van der Waals surface area contributed by atoms with Crippen molar-refractivity contribution in [3.63, 3.8) is 0 Å². The highest BCUT2D eigenvalue weighted by Gasteiger charge is 2.19. The second-order valence-electron chi connectivity index (χ2n) is 6.73. The van der Waals surface area contributed by atoms with E-state index in [-0.39, 0.29) is 11.2 Å². The first kappa shape index (κ1) is 19.3. The van der Waals surface area contributed by atoms with E-state index in [1.54, 1.807) is 0 Å². The Morgan fingerprint density at radius 2 is 1.93 bits per heavy atom. The number of hydrogen-bond acceptors (Lipinski definition) is 5. The Balaban J connectivity index is 1.55. The first-order valence-electron chi connectivity index (χ1n) is 9.50. The fourth-order valence-electron chi connectivity index (χ4n) is 3.21. The van der Waals surface area contributed by atoms with Crippen molar-refractivity contribution < 1.29 is 9.53 Å². The Hall–Kier alpha value is -3.06. The predicted molar refractivity (Wildman–Crippen MR) is 117 cm³/mol. The molecule has 4 rings (SSSR count). The molecular weight excluding hydrogens is 384 g/mol. The molecule has 1 amide bonds. The van der Waals surface area contributed by atoms with Crippen LogP contribution in [0.25, 0.3) is 16.6 Å². The molecule has 0 bridgehead atoms. The molecule has 0 saturated heterocycles. The monoisotopic (exact) mass is 406 g/mol. The Bertz CT molecular complexity index is 1170. The van der Waals surface area contributed by atoms with Crippen molar-refractivity contribution in [1.29, 1.82) is 0 Å². The lowest BCUT2D eigenvalue weighted by Crippen LogP contribution is -2.22. The number of benzene rings is 2. The Morgan fingerprint density at radius 1 is 1.17 bits per heavy atom. The van der Waals surface area contributed by atoms with E-state index in [0.29, 0.717) is 11.8 Å². The SMILES string of the molecule is CCOc1ccc(NC(=O)[C@H](C)Sc2nnc3cc(C)c4ccccc4n23)cc1. The van der Waals surface area contributed by atoms with Gasteiger partial charge in [0.2, 0.25) is 5.91 Å². The molecule has 2 heterocycles. The molecule has 0 aliphatic heterocycles. The van der Waals surface area contributed by atoms with E-state index in [1.165, 1.54) is 11.8 Å². The third-order valence-electron chi connectivity index (χ3n) is 4.66. The Morgan fingerprint density at radius 3 is 2.69 bits per heavy atom. The number of carbonyl (C=O) groups excluding carboxylic acids is 1. The number of nitrogens with zero attached hydrogens (tertiary/aromatic N) is 3. The van der Waals surface area contributed by atoms with E-state index < -0.39 is 0 Å². The summed E-state index contributed by atoms with van der Waals surface area (Å²) < 4.78 is 7.44. The van der Waals surface area contributed by atoms with Crippen LogP contribution in [0.1, 0.15) is 19.4 Å². The minimum atomic E-state index is -0.339. The fraction of sp³-hybridized carbons (Fsp3) is 0.227. The molecule has 0 aliphatic carbocycles. The van der Waals surface area contributed by atoms with Gasteiger partial charge in [0, 0.05) is 11.1 Å². The molecule has 6 nitrogen and oxygen atoms in total. The number of pyridine rings is 1. The van der Waals surface area contributed by atoms with Gasteiger partial charge in [-0.3, -0.25) is 9.20 Å². The van der Waals surface area contributed by atoms with E-state index in [1.807, 2.05) is 66.8 Å². The molecule has 2 aromatic heterocycles. The van der Waals surface area contributed by atoms with Crippen LogP contribution in [0.15, 0.2) is 59.8 Å². The topological polar surface area (TPSA) is 68.5 Å². The summed E-state index contributed by atoms with van der Waals surface area (Å²) in [4.78, 5) is 12.7. The number of rotatable bonds is 6. The van der Waals surface area contributed by atoms with Crippen LogP contribution in [-0.2, 0) is 4.79 Å². The van der Waals surface area contributed by atoms with Gasteiger partial charge < -0.3 is 10.1 Å². The van der Waals surface area contributed by atoms with Crippen LogP contribution in [0, 0.1) is 6.92 Å². The van der Waals surface area contributed by atoms with Gasteiger partial charge in [0.15, 0.2) is 10.8 Å². The van der Waals surface area contributed by atoms with Crippen LogP contribution < -0.4 is 10.1 Å². The molecule has 29 heavy (non-hydrogen) atoms. The van der Waals surface area contributed by atoms with Gasteiger partial charge in [-0.25, -0.2) is 0 Å². The number of amides is 1. The third-order valence-corrected chi connectivity index (χ3v) is 5.70. The van der Waals surface area contributed by atoms with E-state index in [4.69, 9.17) is 4.74 Å². The fourth-order valence-corrected chi connectivity index (χ4v) is 4.08. The van der Waals surface area contributed by atoms with Crippen molar-refractivity contribution in [3.05, 3.63) is 60.2 Å². The van der Waals surface area contributed by atoms with Gasteiger partial charge in [0.05, 0.1) is 17.4 Å². The van der Waals surface area contributed by atoms with E-state index in [9.17, 15) is 4.79 Å². The number of fused-ring (bicyclic) bond motifs is 3. The van der Waals surface area contributed by atoms with Crippen molar-refractivity contribution in [2.75, 3.05) is 11.9 Å². The van der Waals surface area contributed by atoms with Crippen LogP contribution in [-0.4, -0.2) is 32.4 Å². The summed E-state index contributed by atoms with van der Waals surface area (Å²) in [6.07, 6.45) is 0. The molecule has 7 heteroatoms. The highest BCUT2D eigenvalue weighted by Crippen LogP contribution is 2.28. The molecule has 0 radical (unpaired) electrons. The summed E-state index contributed by atoms with van der Waals surface area (Å²) in [7, 11) is 0. The molecule has 148 valence electrons. The van der Waals surface area contributed by atoms with Crippen molar-refractivity contribution in [1.82, 2.24) is 14.6 Å². The van der Waals surface area contributed by atoms with Crippen molar-refractivity contribution in [2.45, 2.75) is 31.2 Å². The Labute approximate surface area is 173 Å². The van der Waals surface area contributed by atoms with Gasteiger partial charge >= 0.3 is 0 Å². The summed E-state index contributed by atoms with van der Waals surface area (Å²) in [6, 6.07) is 17.5. The van der Waals surface area contributed by atoms with Gasteiger partial charge in [-0.15, -0.1) is 10.2 Å². The summed E-state index contributed by atoms with van der Waals surface area (Å²) in [5.74, 6) is 0.692. The maximum absolute atomic E-state index is 12.7. The number of para-hydroxylation sites is 1. The van der Waals surface area contributed by atoms with Gasteiger partial charge in [-0.2, -0.15) is 0 Å². The molecule has 1 N–H and O–H groups in total. The lowest BCUT2D eigenvalue weighted by Gasteiger charge is -2.12. The molecule has 2 aromatic carbocycles. The van der Waals surface area contributed by atoms with Crippen molar-refractivity contribution in [3.8, 4) is 5.75 Å². The van der Waals surface area contributed by atoms with Gasteiger partial charge in [-0.05, 0) is 62.7 Å². The van der Waals surface area contributed by atoms with Gasteiger partial charge in [0.1, 0.15) is 5.75 Å². The average molecular weight is 407 g/mol. The number of aryl methyl sites for hydroxylation is 1. The summed E-state index contributed by atoms with van der Waals surface area (Å²) >= 11 is 1.39. The van der Waals surface area contributed by atoms with Crippen LogP contribution in [0.3, 0.4) is 0 Å². The molecule has 0 unspecified atom stereocenters. The summed E-state index contributed by atoms with van der Waals surface area (Å²) in [6.45, 7) is 6.48. The van der Waals surface area contributed by atoms with Crippen LogP contribution in [0.4, 0.5) is 5.69 Å². The second kappa shape index (κ2) is 8.13. The zero-order valence-electron chi connectivity index (χ0n) is 16.5. The minimum absolute atomic E-state index is 0.0904. The first-order valence-corrected chi connectivity index (χ1v) is 10.4. The van der Waals surface area contributed by atoms with Crippen LogP contribution >= 0.6 is 11.8 Å². The zero-order valence-corrected chi connectivity index (χ0v) is 17.4. The minimum Gasteiger partial charge on any atom is -0.494 e. The van der Waals surface area contributed by atoms with Crippen LogP contribution in [0.2, 0.25) is 0 Å². The number of aromatic nitrogens is 3. The molecule has 0 aliphatic rings. The van der Waals surface area contributed by atoms with E-state index in [0.717, 1.165) is 33.6 Å². The van der Waals surface area contributed by atoms with E-state index >= 15 is 0 Å². The number of thioether (sulfide) groups is 1. The highest BCUT2D eigenvalue weighted by atomic mass is 32.2. The normalized spacial score (nSPS) is 12.2. The third kappa shape index (κ3) is 3.91. The lowest BCUT2D eigenvalue weighted by molar-refractivity contribution is -0.115. The number of anilines is 1. The Kier molecular flexibility index (Phi) is 5.40. The van der Waals surface area contributed by atoms with E-state index in [2.05, 4.69) is 28.5 Å². The zero-order chi connectivity index (χ0) is 20.4. The first-order chi connectivity index (χ1) is 14.1. The van der Waals surface area contributed by atoms with Crippen LogP contribution in [0.5, 0.6) is 5.75 Å². The summed E-state index contributed by atoms with van der Waals surface area (Å²) in [5.41, 5.74) is 3.70. The number of carbonyl (C=O) groups is 1. The average Bonchev–Trinajstić information content (AvgIpc) is 3.12. The highest BCUT2D eigenvalue weighted by molar-refractivity contribution is 8.00. The second-order valence-corrected chi connectivity index (χ2v) is 8.04. The quantitative estimate of drug-likeness (QED) is 0.470. The molecular formula is C22H22N4O2S. The number of hydrogen-bond donors (Lipinski definition) is 1. The van der Waals surface area contributed by atoms with Gasteiger partial charge in [0.25, 0.3) is 0 Å². The molecule has 0 fully saturated rings. The largest absolute Gasteiger partial charge is 0.494 e. The lowest BCUT2D eigenvalue weighted by atomic mass is 10.1. The van der Waals surface area contributed by atoms with Crippen molar-refractivity contribution >= 4 is 39.9 Å². The maximum atomic E-state index is 12.7. The summed E-state index contributed by atoms with van der Waals surface area (Å²) in [5, 5.41) is 13.1.